The van der Waals surface area contributed by atoms with Gasteiger partial charge in [-0.15, -0.1) is 0 Å². The monoisotopic (exact) mass is 432 g/mol. The van der Waals surface area contributed by atoms with Gasteiger partial charge in [-0.1, -0.05) is 48.5 Å². The normalized spacial score (nSPS) is 25.8. The molecule has 2 aromatic rings. The van der Waals surface area contributed by atoms with Gasteiger partial charge in [-0.2, -0.15) is 0 Å². The van der Waals surface area contributed by atoms with E-state index in [-0.39, 0.29) is 24.1 Å². The Morgan fingerprint density at radius 1 is 1.00 bits per heavy atom. The Morgan fingerprint density at radius 2 is 1.81 bits per heavy atom. The van der Waals surface area contributed by atoms with Gasteiger partial charge >= 0.3 is 0 Å². The zero-order valence-electron chi connectivity index (χ0n) is 18.0. The molecule has 7 heteroatoms. The SMILES string of the molecule is NC[C@@H]1CN(Cc2cccc3c2C(=O)N(C2CCC(=O)NC2=O)C3)C[C@H]1c1ccccc1. The maximum Gasteiger partial charge on any atom is 0.255 e. The predicted molar refractivity (Wildman–Crippen MR) is 119 cm³/mol. The lowest BCUT2D eigenvalue weighted by Gasteiger charge is -2.29. The van der Waals surface area contributed by atoms with Crippen molar-refractivity contribution >= 4 is 17.7 Å². The number of nitrogens with one attached hydrogen (secondary N) is 1. The molecule has 32 heavy (non-hydrogen) atoms. The third-order valence-corrected chi connectivity index (χ3v) is 7.08. The minimum absolute atomic E-state index is 0.112. The van der Waals surface area contributed by atoms with Crippen LogP contribution in [0.3, 0.4) is 0 Å². The number of nitrogens with two attached hydrogens (primary N) is 1. The van der Waals surface area contributed by atoms with Crippen molar-refractivity contribution in [3.05, 3.63) is 70.8 Å². The lowest BCUT2D eigenvalue weighted by Crippen LogP contribution is -2.52. The summed E-state index contributed by atoms with van der Waals surface area (Å²) in [5.41, 5.74) is 10.1. The highest BCUT2D eigenvalue weighted by molar-refractivity contribution is 6.06. The topological polar surface area (TPSA) is 95.7 Å². The van der Waals surface area contributed by atoms with Gasteiger partial charge in [0.05, 0.1) is 0 Å². The summed E-state index contributed by atoms with van der Waals surface area (Å²) >= 11 is 0. The average Bonchev–Trinajstić information content (AvgIpc) is 3.36. The fourth-order valence-electron chi connectivity index (χ4n) is 5.47. The second-order valence-electron chi connectivity index (χ2n) is 9.06. The van der Waals surface area contributed by atoms with Crippen molar-refractivity contribution in [3.63, 3.8) is 0 Å². The van der Waals surface area contributed by atoms with Crippen LogP contribution in [0.4, 0.5) is 0 Å². The molecular weight excluding hydrogens is 404 g/mol. The second kappa shape index (κ2) is 8.48. The molecule has 166 valence electrons. The third kappa shape index (κ3) is 3.72. The molecule has 3 amide bonds. The maximum absolute atomic E-state index is 13.3. The van der Waals surface area contributed by atoms with Crippen LogP contribution < -0.4 is 11.1 Å². The Labute approximate surface area is 187 Å². The van der Waals surface area contributed by atoms with Crippen LogP contribution in [0.2, 0.25) is 0 Å². The number of carbonyl (C=O) groups is 3. The summed E-state index contributed by atoms with van der Waals surface area (Å²) in [6.45, 7) is 3.51. The summed E-state index contributed by atoms with van der Waals surface area (Å²) in [6, 6.07) is 15.9. The van der Waals surface area contributed by atoms with Crippen LogP contribution in [0.1, 0.15) is 45.8 Å². The van der Waals surface area contributed by atoms with Gasteiger partial charge in [0.1, 0.15) is 6.04 Å². The van der Waals surface area contributed by atoms with Crippen molar-refractivity contribution in [2.45, 2.75) is 37.9 Å². The number of fused-ring (bicyclic) bond motifs is 1. The van der Waals surface area contributed by atoms with Gasteiger partial charge in [-0.3, -0.25) is 24.6 Å². The Morgan fingerprint density at radius 3 is 2.56 bits per heavy atom. The molecule has 0 saturated carbocycles. The van der Waals surface area contributed by atoms with Crippen LogP contribution in [0.5, 0.6) is 0 Å². The van der Waals surface area contributed by atoms with E-state index in [4.69, 9.17) is 5.73 Å². The Hall–Kier alpha value is -3.03. The summed E-state index contributed by atoms with van der Waals surface area (Å²) in [4.78, 5) is 41.2. The molecule has 0 spiro atoms. The molecule has 5 rings (SSSR count). The molecule has 0 aromatic heterocycles. The minimum atomic E-state index is -0.587. The van der Waals surface area contributed by atoms with Crippen molar-refractivity contribution < 1.29 is 14.4 Å². The summed E-state index contributed by atoms with van der Waals surface area (Å²) in [6.07, 6.45) is 0.640. The molecule has 3 atom stereocenters. The van der Waals surface area contributed by atoms with E-state index in [0.717, 1.165) is 24.2 Å². The second-order valence-corrected chi connectivity index (χ2v) is 9.06. The molecule has 0 radical (unpaired) electrons. The zero-order chi connectivity index (χ0) is 22.2. The van der Waals surface area contributed by atoms with Gasteiger partial charge in [-0.25, -0.2) is 0 Å². The van der Waals surface area contributed by atoms with Crippen molar-refractivity contribution in [1.29, 1.82) is 0 Å². The van der Waals surface area contributed by atoms with E-state index >= 15 is 0 Å². The van der Waals surface area contributed by atoms with Gasteiger partial charge in [-0.05, 0) is 35.6 Å². The first kappa shape index (κ1) is 20.8. The van der Waals surface area contributed by atoms with Crippen molar-refractivity contribution in [2.75, 3.05) is 19.6 Å². The molecule has 3 aliphatic heterocycles. The smallest absolute Gasteiger partial charge is 0.255 e. The summed E-state index contributed by atoms with van der Waals surface area (Å²) < 4.78 is 0. The molecule has 2 aromatic carbocycles. The number of hydrogen-bond donors (Lipinski definition) is 2. The van der Waals surface area contributed by atoms with Gasteiger partial charge in [0.2, 0.25) is 11.8 Å². The van der Waals surface area contributed by atoms with E-state index in [1.807, 2.05) is 24.3 Å². The highest BCUT2D eigenvalue weighted by atomic mass is 16.2. The molecule has 2 saturated heterocycles. The number of rotatable bonds is 5. The number of nitrogens with zero attached hydrogens (tertiary/aromatic N) is 2. The fraction of sp³-hybridized carbons (Fsp3) is 0.400. The largest absolute Gasteiger partial charge is 0.330 e. The first-order chi connectivity index (χ1) is 15.5. The van der Waals surface area contributed by atoms with Crippen LogP contribution in [-0.4, -0.2) is 53.2 Å². The molecule has 0 bridgehead atoms. The first-order valence-electron chi connectivity index (χ1n) is 11.3. The average molecular weight is 433 g/mol. The van der Waals surface area contributed by atoms with Gasteiger partial charge in [0, 0.05) is 44.1 Å². The molecule has 7 nitrogen and oxygen atoms in total. The standard InChI is InChI=1S/C25H28N4O3/c26-11-19-13-28(15-20(19)16-5-2-1-3-6-16)12-17-7-4-8-18-14-29(25(32)23(17)18)21-9-10-22(30)27-24(21)31/h1-8,19-21H,9-15,26H2,(H,27,30,31)/t19-,20+,21?/m1/s1. The maximum atomic E-state index is 13.3. The van der Waals surface area contributed by atoms with Crippen molar-refractivity contribution in [1.82, 2.24) is 15.1 Å². The lowest BCUT2D eigenvalue weighted by atomic mass is 9.89. The number of amides is 3. The van der Waals surface area contributed by atoms with E-state index in [1.54, 1.807) is 4.90 Å². The Kier molecular flexibility index (Phi) is 5.53. The molecular formula is C25H28N4O3. The molecule has 0 aliphatic carbocycles. The van der Waals surface area contributed by atoms with Gasteiger partial charge < -0.3 is 10.6 Å². The number of imide groups is 1. The molecule has 1 unspecified atom stereocenters. The lowest BCUT2D eigenvalue weighted by molar-refractivity contribution is -0.136. The molecule has 3 aliphatic rings. The summed E-state index contributed by atoms with van der Waals surface area (Å²) in [5.74, 6) is 0.00490. The highest BCUT2D eigenvalue weighted by Gasteiger charge is 2.40. The highest BCUT2D eigenvalue weighted by Crippen LogP contribution is 2.35. The third-order valence-electron chi connectivity index (χ3n) is 7.08. The molecule has 2 fully saturated rings. The van der Waals surface area contributed by atoms with Crippen LogP contribution in [-0.2, 0) is 22.7 Å². The first-order valence-corrected chi connectivity index (χ1v) is 11.3. The van der Waals surface area contributed by atoms with Crippen LogP contribution in [0.25, 0.3) is 0 Å². The number of carbonyl (C=O) groups excluding carboxylic acids is 3. The number of benzene rings is 2. The van der Waals surface area contributed by atoms with E-state index < -0.39 is 6.04 Å². The van der Waals surface area contributed by atoms with Crippen LogP contribution in [0.15, 0.2) is 48.5 Å². The molecule has 3 heterocycles. The Bertz CT molecular complexity index is 1050. The van der Waals surface area contributed by atoms with Crippen molar-refractivity contribution in [3.8, 4) is 0 Å². The fourth-order valence-corrected chi connectivity index (χ4v) is 5.47. The van der Waals surface area contributed by atoms with Crippen LogP contribution in [0, 0.1) is 5.92 Å². The summed E-state index contributed by atoms with van der Waals surface area (Å²) in [7, 11) is 0. The van der Waals surface area contributed by atoms with E-state index in [1.165, 1.54) is 5.56 Å². The summed E-state index contributed by atoms with van der Waals surface area (Å²) in [5, 5.41) is 2.37. The van der Waals surface area contributed by atoms with Gasteiger partial charge in [0.15, 0.2) is 0 Å². The number of hydrogen-bond acceptors (Lipinski definition) is 5. The quantitative estimate of drug-likeness (QED) is 0.700. The molecule has 3 N–H and O–H groups in total. The number of piperidine rings is 1. The van der Waals surface area contributed by atoms with E-state index in [9.17, 15) is 14.4 Å². The number of likely N-dealkylation sites (tertiary alicyclic amines) is 1. The van der Waals surface area contributed by atoms with Gasteiger partial charge in [0.25, 0.3) is 5.91 Å². The minimum Gasteiger partial charge on any atom is -0.330 e. The van der Waals surface area contributed by atoms with Crippen molar-refractivity contribution in [2.24, 2.45) is 11.7 Å². The Balaban J connectivity index is 1.35. The predicted octanol–water partition coefficient (Wildman–Crippen LogP) is 1.62. The van der Waals surface area contributed by atoms with E-state index in [2.05, 4.69) is 34.5 Å². The van der Waals surface area contributed by atoms with E-state index in [0.29, 0.717) is 43.5 Å². The van der Waals surface area contributed by atoms with Crippen LogP contribution >= 0.6 is 0 Å². The zero-order valence-corrected chi connectivity index (χ0v) is 18.0.